The summed E-state index contributed by atoms with van der Waals surface area (Å²) in [6.07, 6.45) is 1.29. The first kappa shape index (κ1) is 24.4. The van der Waals surface area contributed by atoms with E-state index < -0.39 is 22.1 Å². The molecule has 0 atom stereocenters. The standard InChI is InChI=1S/C20H21F2N3O7S/c1-28-5-7-30-18-10-14-16(11-19(18)31-8-6-29-2)23-12-24-20(14)25-13-3-4-15(21)17(9-13)32-33(22,26)27/h3-4,9-12H,5-8H2,1-2H3,(H,23,24,25). The van der Waals surface area contributed by atoms with E-state index >= 15 is 0 Å². The maximum Gasteiger partial charge on any atom is 0.488 e. The number of nitrogens with one attached hydrogen (secondary N) is 1. The van der Waals surface area contributed by atoms with Crippen molar-refractivity contribution in [1.29, 1.82) is 0 Å². The molecule has 2 aromatic carbocycles. The third-order valence-electron chi connectivity index (χ3n) is 4.17. The normalized spacial score (nSPS) is 11.4. The molecule has 0 saturated heterocycles. The van der Waals surface area contributed by atoms with Crippen LogP contribution >= 0.6 is 0 Å². The zero-order valence-corrected chi connectivity index (χ0v) is 18.5. The minimum absolute atomic E-state index is 0.192. The predicted octanol–water partition coefficient (Wildman–Crippen LogP) is 3.16. The molecule has 1 N–H and O–H groups in total. The van der Waals surface area contributed by atoms with Crippen LogP contribution in [0.3, 0.4) is 0 Å². The van der Waals surface area contributed by atoms with Gasteiger partial charge in [0, 0.05) is 37.4 Å². The Hall–Kier alpha value is -3.29. The lowest BCUT2D eigenvalue weighted by atomic mass is 10.2. The molecule has 0 fully saturated rings. The van der Waals surface area contributed by atoms with E-state index in [2.05, 4.69) is 19.5 Å². The average Bonchev–Trinajstić information content (AvgIpc) is 2.76. The summed E-state index contributed by atoms with van der Waals surface area (Å²) in [4.78, 5) is 8.42. The van der Waals surface area contributed by atoms with Crippen molar-refractivity contribution >= 4 is 32.9 Å². The Morgan fingerprint density at radius 2 is 1.58 bits per heavy atom. The van der Waals surface area contributed by atoms with Crippen molar-refractivity contribution in [1.82, 2.24) is 9.97 Å². The quantitative estimate of drug-likeness (QED) is 0.303. The van der Waals surface area contributed by atoms with Gasteiger partial charge in [-0.2, -0.15) is 8.42 Å². The number of rotatable bonds is 12. The highest BCUT2D eigenvalue weighted by Gasteiger charge is 2.16. The second kappa shape index (κ2) is 11.0. The lowest BCUT2D eigenvalue weighted by Crippen LogP contribution is -2.09. The van der Waals surface area contributed by atoms with Gasteiger partial charge in [0.05, 0.1) is 18.7 Å². The topological polar surface area (TPSA) is 118 Å². The third-order valence-corrected chi connectivity index (χ3v) is 4.55. The zero-order chi connectivity index (χ0) is 23.8. The van der Waals surface area contributed by atoms with Crippen LogP contribution in [0, 0.1) is 5.82 Å². The minimum Gasteiger partial charge on any atom is -0.487 e. The van der Waals surface area contributed by atoms with Crippen molar-refractivity contribution in [3.8, 4) is 17.2 Å². The summed E-state index contributed by atoms with van der Waals surface area (Å²) in [7, 11) is -2.30. The SMILES string of the molecule is COCCOc1cc2ncnc(Nc3ccc(F)c(OS(=O)(=O)F)c3)c2cc1OCCOC. The molecule has 0 amide bonds. The van der Waals surface area contributed by atoms with Crippen molar-refractivity contribution in [3.63, 3.8) is 0 Å². The number of benzene rings is 2. The van der Waals surface area contributed by atoms with Gasteiger partial charge in [-0.25, -0.2) is 14.4 Å². The van der Waals surface area contributed by atoms with Crippen LogP contribution in [-0.4, -0.2) is 59.0 Å². The first-order chi connectivity index (χ1) is 15.8. The van der Waals surface area contributed by atoms with Crippen LogP contribution < -0.4 is 19.0 Å². The van der Waals surface area contributed by atoms with Crippen LogP contribution in [0.5, 0.6) is 17.2 Å². The molecular weight excluding hydrogens is 464 g/mol. The molecule has 33 heavy (non-hydrogen) atoms. The van der Waals surface area contributed by atoms with Crippen LogP contribution in [0.1, 0.15) is 0 Å². The molecule has 0 radical (unpaired) electrons. The van der Waals surface area contributed by atoms with Crippen LogP contribution in [-0.2, 0) is 20.0 Å². The van der Waals surface area contributed by atoms with Crippen LogP contribution in [0.2, 0.25) is 0 Å². The molecule has 0 aliphatic heterocycles. The molecule has 0 spiro atoms. The molecule has 0 bridgehead atoms. The Morgan fingerprint density at radius 3 is 2.21 bits per heavy atom. The maximum atomic E-state index is 13.8. The number of nitrogens with zero attached hydrogens (tertiary/aromatic N) is 2. The highest BCUT2D eigenvalue weighted by molar-refractivity contribution is 7.81. The number of anilines is 2. The van der Waals surface area contributed by atoms with E-state index in [9.17, 15) is 16.7 Å². The van der Waals surface area contributed by atoms with E-state index in [0.29, 0.717) is 41.4 Å². The van der Waals surface area contributed by atoms with Crippen molar-refractivity contribution in [3.05, 3.63) is 42.5 Å². The van der Waals surface area contributed by atoms with E-state index in [0.717, 1.165) is 12.1 Å². The second-order valence-corrected chi connectivity index (χ2v) is 7.42. The predicted molar refractivity (Wildman–Crippen MR) is 115 cm³/mol. The molecule has 3 rings (SSSR count). The fraction of sp³-hybridized carbons (Fsp3) is 0.300. The van der Waals surface area contributed by atoms with Crippen LogP contribution in [0.15, 0.2) is 36.7 Å². The number of ether oxygens (including phenoxy) is 4. The number of hydrogen-bond acceptors (Lipinski definition) is 10. The number of aromatic nitrogens is 2. The van der Waals surface area contributed by atoms with E-state index in [1.54, 1.807) is 26.4 Å². The van der Waals surface area contributed by atoms with Gasteiger partial charge in [0.2, 0.25) is 0 Å². The number of hydrogen-bond donors (Lipinski definition) is 1. The number of halogens is 2. The zero-order valence-electron chi connectivity index (χ0n) is 17.7. The van der Waals surface area contributed by atoms with Gasteiger partial charge in [-0.15, -0.1) is 0 Å². The van der Waals surface area contributed by atoms with Gasteiger partial charge < -0.3 is 28.4 Å². The van der Waals surface area contributed by atoms with E-state index in [-0.39, 0.29) is 18.9 Å². The molecule has 0 saturated carbocycles. The summed E-state index contributed by atoms with van der Waals surface area (Å²) in [6.45, 7) is 1.27. The maximum absolute atomic E-state index is 13.8. The summed E-state index contributed by atoms with van der Waals surface area (Å²) in [5.41, 5.74) is 0.696. The Kier molecular flexibility index (Phi) is 8.14. The first-order valence-corrected chi connectivity index (χ1v) is 10.8. The second-order valence-electron chi connectivity index (χ2n) is 6.47. The summed E-state index contributed by atoms with van der Waals surface area (Å²) < 4.78 is 73.6. The van der Waals surface area contributed by atoms with Crippen molar-refractivity contribution in [2.45, 2.75) is 0 Å². The van der Waals surface area contributed by atoms with E-state index in [1.807, 2.05) is 0 Å². The molecule has 3 aromatic rings. The highest BCUT2D eigenvalue weighted by atomic mass is 32.3. The Balaban J connectivity index is 1.96. The lowest BCUT2D eigenvalue weighted by Gasteiger charge is -2.15. The number of methoxy groups -OCH3 is 2. The molecular formula is C20H21F2N3O7S. The largest absolute Gasteiger partial charge is 0.488 e. The molecule has 1 heterocycles. The summed E-state index contributed by atoms with van der Waals surface area (Å²) in [5, 5.41) is 3.43. The van der Waals surface area contributed by atoms with Crippen molar-refractivity contribution in [2.75, 3.05) is 46.0 Å². The lowest BCUT2D eigenvalue weighted by molar-refractivity contribution is 0.132. The van der Waals surface area contributed by atoms with Gasteiger partial charge in [-0.3, -0.25) is 0 Å². The smallest absolute Gasteiger partial charge is 0.487 e. The van der Waals surface area contributed by atoms with Gasteiger partial charge in [0.15, 0.2) is 23.1 Å². The van der Waals surface area contributed by atoms with E-state index in [1.165, 1.54) is 12.4 Å². The van der Waals surface area contributed by atoms with Gasteiger partial charge in [0.1, 0.15) is 25.4 Å². The molecule has 0 aliphatic carbocycles. The summed E-state index contributed by atoms with van der Waals surface area (Å²) in [6, 6.07) is 6.53. The van der Waals surface area contributed by atoms with Crippen molar-refractivity contribution < 1.29 is 39.8 Å². The van der Waals surface area contributed by atoms with Gasteiger partial charge >= 0.3 is 10.5 Å². The molecule has 0 unspecified atom stereocenters. The minimum atomic E-state index is -5.40. The molecule has 10 nitrogen and oxygen atoms in total. The van der Waals surface area contributed by atoms with Gasteiger partial charge in [-0.05, 0) is 18.2 Å². The van der Waals surface area contributed by atoms with Crippen LogP contribution in [0.25, 0.3) is 10.9 Å². The molecule has 13 heteroatoms. The monoisotopic (exact) mass is 485 g/mol. The third kappa shape index (κ3) is 6.84. The molecule has 0 aliphatic rings. The Labute approximate surface area is 188 Å². The van der Waals surface area contributed by atoms with Crippen LogP contribution in [0.4, 0.5) is 19.8 Å². The van der Waals surface area contributed by atoms with Gasteiger partial charge in [-0.1, -0.05) is 3.89 Å². The fourth-order valence-corrected chi connectivity index (χ4v) is 3.09. The average molecular weight is 485 g/mol. The first-order valence-electron chi connectivity index (χ1n) is 9.53. The number of fused-ring (bicyclic) bond motifs is 1. The highest BCUT2D eigenvalue weighted by Crippen LogP contribution is 2.35. The van der Waals surface area contributed by atoms with E-state index in [4.69, 9.17) is 18.9 Å². The summed E-state index contributed by atoms with van der Waals surface area (Å²) >= 11 is 0. The molecule has 178 valence electrons. The fourth-order valence-electron chi connectivity index (χ4n) is 2.75. The Bertz CT molecular complexity index is 1210. The summed E-state index contributed by atoms with van der Waals surface area (Å²) in [5.74, 6) is -0.731. The Morgan fingerprint density at radius 1 is 0.909 bits per heavy atom. The van der Waals surface area contributed by atoms with Gasteiger partial charge in [0.25, 0.3) is 0 Å². The van der Waals surface area contributed by atoms with Crippen molar-refractivity contribution in [2.24, 2.45) is 0 Å². The molecule has 1 aromatic heterocycles.